The minimum absolute atomic E-state index is 0.0422. The standard InChI is InChI=1S/C25H31IN7O2P/c1-5-31-14-16(2)35-25-21(13-27-30(25)4)18-6-9-23-20(12-18)22(29-33(23)36-26)8-7-19-17(3)28-32(10-11-34)24(19)15-31/h6-9,12-13,16,34,36H,5,10-11,14-15H2,1-4H3/b8-7+. The molecule has 4 heterocycles. The number of hydrogen-bond donors (Lipinski definition) is 1. The van der Waals surface area contributed by atoms with Gasteiger partial charge in [0.1, 0.15) is 6.10 Å². The molecule has 11 heteroatoms. The van der Waals surface area contributed by atoms with Gasteiger partial charge in [-0.15, -0.1) is 0 Å². The third-order valence-corrected chi connectivity index (χ3v) is 8.51. The molecule has 1 N–H and O–H groups in total. The Balaban J connectivity index is 1.72. The SMILES string of the molecule is CCN1Cc2c(c(C)nn2CCO)/C=C/c2nn(PI)c3ccc(cc23)-c2cnn(C)c2OC(C)C1. The number of fused-ring (bicyclic) bond motifs is 4. The first-order chi connectivity index (χ1) is 17.4. The van der Waals surface area contributed by atoms with Crippen molar-refractivity contribution in [3.63, 3.8) is 0 Å². The lowest BCUT2D eigenvalue weighted by molar-refractivity contribution is 0.133. The summed E-state index contributed by atoms with van der Waals surface area (Å²) < 4.78 is 12.3. The topological polar surface area (TPSA) is 86.2 Å². The predicted molar refractivity (Wildman–Crippen MR) is 154 cm³/mol. The molecule has 0 fully saturated rings. The molecule has 0 amide bonds. The van der Waals surface area contributed by atoms with Gasteiger partial charge in [-0.3, -0.25) is 9.58 Å². The van der Waals surface area contributed by atoms with Gasteiger partial charge in [-0.25, -0.2) is 9.13 Å². The first-order valence-corrected chi connectivity index (χ1v) is 16.2. The van der Waals surface area contributed by atoms with Crippen LogP contribution in [-0.2, 0) is 20.1 Å². The summed E-state index contributed by atoms with van der Waals surface area (Å²) in [5.41, 5.74) is 7.15. The van der Waals surface area contributed by atoms with Crippen molar-refractivity contribution in [1.29, 1.82) is 0 Å². The second-order valence-electron chi connectivity index (χ2n) is 9.08. The number of hydrogen-bond acceptors (Lipinski definition) is 6. The average molecular weight is 619 g/mol. The molecule has 4 aromatic rings. The fraction of sp³-hybridized carbons (Fsp3) is 0.400. The number of halogens is 1. The van der Waals surface area contributed by atoms with Crippen LogP contribution >= 0.6 is 28.4 Å². The molecular formula is C25H31IN7O2P. The van der Waals surface area contributed by atoms with Crippen molar-refractivity contribution in [2.24, 2.45) is 7.05 Å². The van der Waals surface area contributed by atoms with Crippen molar-refractivity contribution in [2.75, 3.05) is 19.7 Å². The van der Waals surface area contributed by atoms with Crippen LogP contribution in [0.4, 0.5) is 0 Å². The number of ether oxygens (including phenoxy) is 1. The van der Waals surface area contributed by atoms with E-state index < -0.39 is 0 Å². The molecule has 0 aliphatic carbocycles. The maximum absolute atomic E-state index is 9.68. The summed E-state index contributed by atoms with van der Waals surface area (Å²) in [5, 5.41) is 24.9. The normalized spacial score (nSPS) is 17.8. The smallest absolute Gasteiger partial charge is 0.219 e. The van der Waals surface area contributed by atoms with E-state index in [0.717, 1.165) is 63.6 Å². The van der Waals surface area contributed by atoms with Gasteiger partial charge in [-0.1, -0.05) is 13.0 Å². The monoisotopic (exact) mass is 619 g/mol. The van der Waals surface area contributed by atoms with Crippen LogP contribution in [0, 0.1) is 6.92 Å². The van der Waals surface area contributed by atoms with Crippen molar-refractivity contribution in [1.82, 2.24) is 34.0 Å². The van der Waals surface area contributed by atoms with E-state index in [1.807, 2.05) is 29.3 Å². The van der Waals surface area contributed by atoms with Crippen LogP contribution in [0.1, 0.15) is 36.5 Å². The van der Waals surface area contributed by atoms with Crippen LogP contribution in [0.25, 0.3) is 34.2 Å². The maximum atomic E-state index is 9.68. The van der Waals surface area contributed by atoms with E-state index in [2.05, 4.69) is 76.2 Å². The summed E-state index contributed by atoms with van der Waals surface area (Å²) in [7, 11) is 1.92. The molecule has 2 bridgehead atoms. The van der Waals surface area contributed by atoms with Crippen molar-refractivity contribution < 1.29 is 9.84 Å². The Bertz CT molecular complexity index is 1420. The summed E-state index contributed by atoms with van der Waals surface area (Å²) in [5.74, 6) is 0.759. The van der Waals surface area contributed by atoms with Crippen molar-refractivity contribution in [3.8, 4) is 17.0 Å². The molecule has 190 valence electrons. The van der Waals surface area contributed by atoms with E-state index in [4.69, 9.17) is 14.9 Å². The van der Waals surface area contributed by atoms with E-state index in [9.17, 15) is 5.11 Å². The van der Waals surface area contributed by atoms with E-state index in [0.29, 0.717) is 19.5 Å². The number of aliphatic hydroxyl groups excluding tert-OH is 1. The lowest BCUT2D eigenvalue weighted by atomic mass is 10.0. The quantitative estimate of drug-likeness (QED) is 0.268. The molecule has 0 saturated heterocycles. The van der Waals surface area contributed by atoms with Crippen LogP contribution in [-0.4, -0.2) is 64.9 Å². The Morgan fingerprint density at radius 3 is 2.83 bits per heavy atom. The average Bonchev–Trinajstić information content (AvgIpc) is 3.50. The highest BCUT2D eigenvalue weighted by atomic mass is 127. The molecule has 36 heavy (non-hydrogen) atoms. The van der Waals surface area contributed by atoms with Crippen LogP contribution < -0.4 is 4.74 Å². The highest BCUT2D eigenvalue weighted by Crippen LogP contribution is 2.37. The summed E-state index contributed by atoms with van der Waals surface area (Å²) in [6.07, 6.45) is 6.53. The third-order valence-electron chi connectivity index (χ3n) is 6.64. The van der Waals surface area contributed by atoms with Crippen LogP contribution in [0.2, 0.25) is 0 Å². The zero-order chi connectivity index (χ0) is 25.4. The fourth-order valence-corrected chi connectivity index (χ4v) is 6.37. The van der Waals surface area contributed by atoms with E-state index >= 15 is 0 Å². The molecule has 5 rings (SSSR count). The Morgan fingerprint density at radius 2 is 2.08 bits per heavy atom. The van der Waals surface area contributed by atoms with Gasteiger partial charge < -0.3 is 9.84 Å². The Morgan fingerprint density at radius 1 is 1.25 bits per heavy atom. The van der Waals surface area contributed by atoms with Crippen molar-refractivity contribution in [3.05, 3.63) is 47.0 Å². The lowest BCUT2D eigenvalue weighted by Crippen LogP contribution is -2.34. The van der Waals surface area contributed by atoms with Crippen LogP contribution in [0.15, 0.2) is 24.4 Å². The zero-order valence-corrected chi connectivity index (χ0v) is 24.1. The molecule has 1 aliphatic rings. The first kappa shape index (κ1) is 25.4. The van der Waals surface area contributed by atoms with Gasteiger partial charge in [-0.2, -0.15) is 15.3 Å². The van der Waals surface area contributed by atoms with Crippen molar-refractivity contribution >= 4 is 51.5 Å². The number of benzene rings is 1. The number of aryl methyl sites for hydroxylation is 2. The highest BCUT2D eigenvalue weighted by molar-refractivity contribution is 14.2. The number of aromatic nitrogens is 6. The van der Waals surface area contributed by atoms with Gasteiger partial charge in [-0.05, 0) is 72.3 Å². The third kappa shape index (κ3) is 4.71. The van der Waals surface area contributed by atoms with Crippen LogP contribution in [0.5, 0.6) is 5.88 Å². The summed E-state index contributed by atoms with van der Waals surface area (Å²) >= 11 is 2.37. The summed E-state index contributed by atoms with van der Waals surface area (Å²) in [4.78, 5) is 2.35. The van der Waals surface area contributed by atoms with Gasteiger partial charge in [0.25, 0.3) is 0 Å². The highest BCUT2D eigenvalue weighted by Gasteiger charge is 2.22. The molecule has 0 spiro atoms. The largest absolute Gasteiger partial charge is 0.473 e. The lowest BCUT2D eigenvalue weighted by Gasteiger charge is -2.26. The Kier molecular flexibility index (Phi) is 7.48. The number of likely N-dealkylation sites (N-methyl/N-ethyl adjacent to an activating group) is 1. The molecule has 2 atom stereocenters. The number of nitrogens with zero attached hydrogens (tertiary/aromatic N) is 7. The molecule has 0 saturated carbocycles. The Labute approximate surface area is 225 Å². The molecule has 3 aromatic heterocycles. The molecule has 1 aromatic carbocycles. The molecular weight excluding hydrogens is 588 g/mol. The van der Waals surface area contributed by atoms with Gasteiger partial charge >= 0.3 is 0 Å². The van der Waals surface area contributed by atoms with Gasteiger partial charge in [0, 0.05) is 31.1 Å². The Hall–Kier alpha value is -2.27. The van der Waals surface area contributed by atoms with E-state index in [1.165, 1.54) is 0 Å². The second kappa shape index (κ2) is 10.6. The van der Waals surface area contributed by atoms with Crippen molar-refractivity contribution in [2.45, 2.75) is 40.0 Å². The molecule has 2 unspecified atom stereocenters. The fourth-order valence-electron chi connectivity index (χ4n) is 4.84. The summed E-state index contributed by atoms with van der Waals surface area (Å²) in [6.45, 7) is 9.10. The van der Waals surface area contributed by atoms with Gasteiger partial charge in [0.2, 0.25) is 5.88 Å². The minimum atomic E-state index is -0.0548. The van der Waals surface area contributed by atoms with E-state index in [-0.39, 0.29) is 12.7 Å². The number of aliphatic hydroxyl groups is 1. The predicted octanol–water partition coefficient (Wildman–Crippen LogP) is 4.50. The summed E-state index contributed by atoms with van der Waals surface area (Å²) in [6, 6.07) is 6.44. The van der Waals surface area contributed by atoms with Gasteiger partial charge in [0.15, 0.2) is 0 Å². The molecule has 0 radical (unpaired) electrons. The first-order valence-electron chi connectivity index (χ1n) is 12.1. The zero-order valence-electron chi connectivity index (χ0n) is 20.9. The second-order valence-corrected chi connectivity index (χ2v) is 11.1. The maximum Gasteiger partial charge on any atom is 0.219 e. The molecule has 1 aliphatic heterocycles. The number of rotatable bonds is 4. The van der Waals surface area contributed by atoms with Crippen LogP contribution in [0.3, 0.4) is 0 Å². The van der Waals surface area contributed by atoms with E-state index in [1.54, 1.807) is 4.68 Å². The minimum Gasteiger partial charge on any atom is -0.473 e. The molecule has 9 nitrogen and oxygen atoms in total. The van der Waals surface area contributed by atoms with Gasteiger partial charge in [0.05, 0.1) is 53.9 Å².